The number of para-hydroxylation sites is 2. The Labute approximate surface area is 314 Å². The van der Waals surface area contributed by atoms with E-state index in [1.807, 2.05) is 98.8 Å². The number of rotatable bonds is 4. The van der Waals surface area contributed by atoms with Crippen molar-refractivity contribution in [3.63, 3.8) is 0 Å². The van der Waals surface area contributed by atoms with Crippen LogP contribution in [0.15, 0.2) is 98.4 Å². The van der Waals surface area contributed by atoms with E-state index in [4.69, 9.17) is 9.97 Å². The second-order valence-corrected chi connectivity index (χ2v) is 11.9. The van der Waals surface area contributed by atoms with Gasteiger partial charge in [0.2, 0.25) is 0 Å². The molecule has 252 valence electrons. The summed E-state index contributed by atoms with van der Waals surface area (Å²) in [4.78, 5) is 27.3. The number of aryl methyl sites for hydroxylation is 4. The molecular weight excluding hydrogens is 991 g/mol. The van der Waals surface area contributed by atoms with Crippen molar-refractivity contribution in [1.29, 1.82) is 0 Å². The maximum absolute atomic E-state index is 4.90. The quantitative estimate of drug-likeness (QED) is 0.221. The van der Waals surface area contributed by atoms with Gasteiger partial charge in [0.05, 0.1) is 24.2 Å². The Morgan fingerprint density at radius 3 is 1.62 bits per heavy atom. The molecule has 8 aromatic heterocycles. The van der Waals surface area contributed by atoms with E-state index in [-0.39, 0.29) is 42.1 Å². The molecule has 0 spiro atoms. The maximum atomic E-state index is 4.90. The number of hydrogen-bond acceptors (Lipinski definition) is 4. The van der Waals surface area contributed by atoms with Crippen molar-refractivity contribution in [3.8, 4) is 34.2 Å². The standard InChI is InChI=1S/2C18H14N6.2Pt/c2*1-22-8-15(19-10-22)14-5-3-4-12-13-6-7-24(18(13)21-17(12)14)16-9-23(2)11-20-16;;/h3-9,11H,1-2H3;3-10H,1-2H3;;/q2*-2;2*+2. The Morgan fingerprint density at radius 1 is 0.540 bits per heavy atom. The van der Waals surface area contributed by atoms with Crippen molar-refractivity contribution in [3.05, 3.63) is 111 Å². The molecule has 14 heteroatoms. The van der Waals surface area contributed by atoms with Crippen LogP contribution >= 0.6 is 0 Å². The van der Waals surface area contributed by atoms with Crippen LogP contribution in [0.25, 0.3) is 78.0 Å². The number of nitrogens with zero attached hydrogens (tertiary/aromatic N) is 12. The van der Waals surface area contributed by atoms with Gasteiger partial charge in [0.1, 0.15) is 0 Å². The SMILES string of the molecule is Cn1[c-]nc(-c2cccc3c2[n-]c2c3ccn2-c2cn(C)cn2)c1.Cn1[c-]nc(-n2ccc3c4cccc(-c5cn(C)cn5)c4[n-]c32)c1.[Pt+2].[Pt+2]. The number of benzene rings is 2. The third kappa shape index (κ3) is 5.49. The Bertz CT molecular complexity index is 2570. The van der Waals surface area contributed by atoms with Crippen LogP contribution in [0.3, 0.4) is 0 Å². The van der Waals surface area contributed by atoms with Crippen molar-refractivity contribution in [2.75, 3.05) is 0 Å². The molecule has 0 unspecified atom stereocenters. The molecule has 0 aliphatic rings. The monoisotopic (exact) mass is 1020 g/mol. The van der Waals surface area contributed by atoms with Crippen LogP contribution in [0.4, 0.5) is 0 Å². The minimum Gasteiger partial charge on any atom is -0.467 e. The summed E-state index contributed by atoms with van der Waals surface area (Å²) in [5.41, 5.74) is 7.62. The molecular formula is C36H28N12Pt2. The van der Waals surface area contributed by atoms with E-state index in [0.29, 0.717) is 0 Å². The van der Waals surface area contributed by atoms with E-state index in [0.717, 1.165) is 78.0 Å². The van der Waals surface area contributed by atoms with E-state index in [9.17, 15) is 0 Å². The fourth-order valence-corrected chi connectivity index (χ4v) is 6.31. The van der Waals surface area contributed by atoms with Gasteiger partial charge in [-0.3, -0.25) is 0 Å². The average Bonchev–Trinajstić information content (AvgIpc) is 3.91. The average molecular weight is 1020 g/mol. The molecule has 0 amide bonds. The summed E-state index contributed by atoms with van der Waals surface area (Å²) in [5, 5.41) is 4.50. The van der Waals surface area contributed by atoms with E-state index < -0.39 is 0 Å². The summed E-state index contributed by atoms with van der Waals surface area (Å²) < 4.78 is 11.5. The Morgan fingerprint density at radius 2 is 1.10 bits per heavy atom. The molecule has 0 radical (unpaired) electrons. The molecule has 0 saturated heterocycles. The predicted octanol–water partition coefficient (Wildman–Crippen LogP) is 5.35. The number of aromatic nitrogens is 12. The molecule has 0 aliphatic carbocycles. The van der Waals surface area contributed by atoms with Crippen molar-refractivity contribution >= 4 is 43.9 Å². The molecule has 0 fully saturated rings. The van der Waals surface area contributed by atoms with Gasteiger partial charge < -0.3 is 47.3 Å². The topological polar surface area (TPSA) is 109 Å². The van der Waals surface area contributed by atoms with E-state index in [1.165, 1.54) is 0 Å². The van der Waals surface area contributed by atoms with Gasteiger partial charge in [-0.25, -0.2) is 9.97 Å². The molecule has 0 N–H and O–H groups in total. The fourth-order valence-electron chi connectivity index (χ4n) is 6.31. The van der Waals surface area contributed by atoms with Crippen molar-refractivity contribution in [2.24, 2.45) is 28.2 Å². The molecule has 50 heavy (non-hydrogen) atoms. The zero-order chi connectivity index (χ0) is 32.5. The van der Waals surface area contributed by atoms with Crippen molar-refractivity contribution < 1.29 is 42.1 Å². The Kier molecular flexibility index (Phi) is 8.62. The molecule has 0 aliphatic heterocycles. The van der Waals surface area contributed by atoms with Gasteiger partial charge in [0.25, 0.3) is 0 Å². The van der Waals surface area contributed by atoms with Crippen molar-refractivity contribution in [2.45, 2.75) is 0 Å². The smallest absolute Gasteiger partial charge is 0.467 e. The summed E-state index contributed by atoms with van der Waals surface area (Å²) in [6.07, 6.45) is 21.3. The van der Waals surface area contributed by atoms with Gasteiger partial charge in [-0.05, 0) is 52.3 Å². The van der Waals surface area contributed by atoms with Gasteiger partial charge in [0.15, 0.2) is 0 Å². The fraction of sp³-hybridized carbons (Fsp3) is 0.111. The molecule has 10 aromatic rings. The molecule has 0 atom stereocenters. The predicted molar refractivity (Wildman–Crippen MR) is 184 cm³/mol. The van der Waals surface area contributed by atoms with Crippen LogP contribution in [0, 0.1) is 12.7 Å². The molecule has 10 rings (SSSR count). The Balaban J connectivity index is 0.000000151. The third-order valence-electron chi connectivity index (χ3n) is 8.52. The van der Waals surface area contributed by atoms with E-state index >= 15 is 0 Å². The minimum atomic E-state index is 0. The molecule has 2 aromatic carbocycles. The molecule has 8 heterocycles. The largest absolute Gasteiger partial charge is 2.00 e. The first kappa shape index (κ1) is 33.3. The Hall–Kier alpha value is -5.18. The first-order valence-electron chi connectivity index (χ1n) is 15.3. The van der Waals surface area contributed by atoms with E-state index in [2.05, 4.69) is 75.1 Å². The number of hydrogen-bond donors (Lipinski definition) is 0. The first-order valence-corrected chi connectivity index (χ1v) is 15.3. The third-order valence-corrected chi connectivity index (χ3v) is 8.52. The number of fused-ring (bicyclic) bond motifs is 6. The van der Waals surface area contributed by atoms with Crippen molar-refractivity contribution in [1.82, 2.24) is 57.3 Å². The molecule has 0 saturated carbocycles. The second kappa shape index (κ2) is 12.9. The summed E-state index contributed by atoms with van der Waals surface area (Å²) in [7, 11) is 7.75. The van der Waals surface area contributed by atoms with Gasteiger partial charge in [-0.15, -0.1) is 12.4 Å². The summed E-state index contributed by atoms with van der Waals surface area (Å²) >= 11 is 0. The minimum absolute atomic E-state index is 0. The summed E-state index contributed by atoms with van der Waals surface area (Å²) in [6.45, 7) is 0. The van der Waals surface area contributed by atoms with Crippen LogP contribution in [0.5, 0.6) is 0 Å². The molecule has 0 bridgehead atoms. The summed E-state index contributed by atoms with van der Waals surface area (Å²) in [6, 6.07) is 16.6. The van der Waals surface area contributed by atoms with Crippen LogP contribution < -0.4 is 9.97 Å². The van der Waals surface area contributed by atoms with Gasteiger partial charge in [-0.2, -0.15) is 0 Å². The first-order chi connectivity index (χ1) is 23.4. The van der Waals surface area contributed by atoms with Crippen LogP contribution in [-0.2, 0) is 70.3 Å². The second-order valence-electron chi connectivity index (χ2n) is 11.9. The van der Waals surface area contributed by atoms with Gasteiger partial charge in [-0.1, -0.05) is 83.6 Å². The molecule has 12 nitrogen and oxygen atoms in total. The van der Waals surface area contributed by atoms with Gasteiger partial charge in [0, 0.05) is 44.7 Å². The summed E-state index contributed by atoms with van der Waals surface area (Å²) in [5.74, 6) is 1.68. The normalized spacial score (nSPS) is 11.3. The zero-order valence-corrected chi connectivity index (χ0v) is 31.8. The van der Waals surface area contributed by atoms with E-state index in [1.54, 1.807) is 12.7 Å². The number of imidazole rings is 4. The van der Waals surface area contributed by atoms with Crippen LogP contribution in [0.1, 0.15) is 0 Å². The van der Waals surface area contributed by atoms with Crippen LogP contribution in [-0.4, -0.2) is 47.3 Å². The van der Waals surface area contributed by atoms with Crippen LogP contribution in [0.2, 0.25) is 0 Å². The van der Waals surface area contributed by atoms with Gasteiger partial charge >= 0.3 is 42.1 Å². The zero-order valence-electron chi connectivity index (χ0n) is 27.2. The maximum Gasteiger partial charge on any atom is 2.00 e.